The molecule has 0 fully saturated rings. The van der Waals surface area contributed by atoms with Gasteiger partial charge in [-0.05, 0) is 38.2 Å². The van der Waals surface area contributed by atoms with E-state index < -0.39 is 0 Å². The van der Waals surface area contributed by atoms with Crippen molar-refractivity contribution in [3.63, 3.8) is 0 Å². The largest absolute Gasteiger partial charge is 0.370 e. The van der Waals surface area contributed by atoms with Crippen LogP contribution in [0.25, 0.3) is 5.69 Å². The van der Waals surface area contributed by atoms with Gasteiger partial charge in [-0.3, -0.25) is 0 Å². The molecule has 2 aromatic rings. The van der Waals surface area contributed by atoms with Gasteiger partial charge in [-0.15, -0.1) is 0 Å². The number of imidazole rings is 1. The van der Waals surface area contributed by atoms with Crippen molar-refractivity contribution in [2.45, 2.75) is 39.0 Å². The van der Waals surface area contributed by atoms with Crippen LogP contribution < -0.4 is 5.32 Å². The third kappa shape index (κ3) is 2.48. The Labute approximate surface area is 113 Å². The van der Waals surface area contributed by atoms with E-state index in [1.165, 1.54) is 24.2 Å². The van der Waals surface area contributed by atoms with Gasteiger partial charge < -0.3 is 9.88 Å². The summed E-state index contributed by atoms with van der Waals surface area (Å²) in [6, 6.07) is 4.15. The monoisotopic (exact) mass is 256 g/mol. The maximum Gasteiger partial charge on any atom is 0.127 e. The molecule has 1 N–H and O–H groups in total. The lowest BCUT2D eigenvalue weighted by Crippen LogP contribution is -2.08. The Bertz CT molecular complexity index is 559. The van der Waals surface area contributed by atoms with E-state index in [1.54, 1.807) is 0 Å². The Morgan fingerprint density at radius 1 is 1.26 bits per heavy atom. The number of anilines is 1. The molecule has 0 aromatic carbocycles. The molecule has 4 heteroatoms. The number of pyridine rings is 1. The lowest BCUT2D eigenvalue weighted by Gasteiger charge is -2.14. The number of aromatic nitrogens is 3. The van der Waals surface area contributed by atoms with Gasteiger partial charge in [0.05, 0.1) is 17.7 Å². The van der Waals surface area contributed by atoms with Crippen molar-refractivity contribution in [1.29, 1.82) is 0 Å². The molecule has 19 heavy (non-hydrogen) atoms. The summed E-state index contributed by atoms with van der Waals surface area (Å²) in [4.78, 5) is 8.90. The Morgan fingerprint density at radius 2 is 2.16 bits per heavy atom. The number of nitrogens with zero attached hydrogens (tertiary/aromatic N) is 3. The number of fused-ring (bicyclic) bond motifs is 1. The molecule has 1 aliphatic rings. The Kier molecular flexibility index (Phi) is 3.49. The lowest BCUT2D eigenvalue weighted by molar-refractivity contribution is 0.656. The van der Waals surface area contributed by atoms with Crippen molar-refractivity contribution >= 4 is 5.82 Å². The first-order chi connectivity index (χ1) is 9.38. The average Bonchev–Trinajstić information content (AvgIpc) is 2.89. The standard InChI is InChI=1S/C15H20N4/c1-2-8-16-15-10-12(7-9-17-15)19-11-18-13-5-3-4-6-14(13)19/h7,9-11H,2-6,8H2,1H3,(H,16,17). The fourth-order valence-electron chi connectivity index (χ4n) is 2.61. The van der Waals surface area contributed by atoms with Gasteiger partial charge in [0.1, 0.15) is 5.82 Å². The molecule has 4 nitrogen and oxygen atoms in total. The summed E-state index contributed by atoms with van der Waals surface area (Å²) in [7, 11) is 0. The molecule has 3 rings (SSSR count). The van der Waals surface area contributed by atoms with E-state index in [2.05, 4.69) is 32.8 Å². The second-order valence-electron chi connectivity index (χ2n) is 5.04. The molecule has 0 saturated heterocycles. The predicted molar refractivity (Wildman–Crippen MR) is 76.8 cm³/mol. The number of hydrogen-bond acceptors (Lipinski definition) is 3. The highest BCUT2D eigenvalue weighted by atomic mass is 15.1. The Balaban J connectivity index is 1.91. The van der Waals surface area contributed by atoms with Crippen LogP contribution in [0.5, 0.6) is 0 Å². The molecule has 2 heterocycles. The van der Waals surface area contributed by atoms with E-state index in [0.717, 1.165) is 37.3 Å². The number of rotatable bonds is 4. The van der Waals surface area contributed by atoms with Crippen molar-refractivity contribution in [3.05, 3.63) is 36.0 Å². The molecule has 0 radical (unpaired) electrons. The van der Waals surface area contributed by atoms with Crippen molar-refractivity contribution in [1.82, 2.24) is 14.5 Å². The Hall–Kier alpha value is -1.84. The molecule has 2 aromatic heterocycles. The van der Waals surface area contributed by atoms with Gasteiger partial charge in [-0.1, -0.05) is 6.92 Å². The van der Waals surface area contributed by atoms with Gasteiger partial charge in [0.25, 0.3) is 0 Å². The molecular formula is C15H20N4. The van der Waals surface area contributed by atoms with E-state index in [0.29, 0.717) is 0 Å². The van der Waals surface area contributed by atoms with E-state index >= 15 is 0 Å². The van der Waals surface area contributed by atoms with Crippen LogP contribution in [0.2, 0.25) is 0 Å². The zero-order valence-electron chi connectivity index (χ0n) is 11.4. The minimum absolute atomic E-state index is 0.942. The van der Waals surface area contributed by atoms with Crippen LogP contribution in [0.15, 0.2) is 24.7 Å². The highest BCUT2D eigenvalue weighted by Gasteiger charge is 2.16. The summed E-state index contributed by atoms with van der Waals surface area (Å²) in [5.41, 5.74) is 3.80. The van der Waals surface area contributed by atoms with Crippen molar-refractivity contribution < 1.29 is 0 Å². The zero-order valence-corrected chi connectivity index (χ0v) is 11.4. The van der Waals surface area contributed by atoms with Crippen LogP contribution in [0.1, 0.15) is 37.6 Å². The number of aryl methyl sites for hydroxylation is 1. The normalized spacial score (nSPS) is 14.2. The summed E-state index contributed by atoms with van der Waals surface area (Å²) in [5, 5.41) is 3.33. The minimum atomic E-state index is 0.942. The molecule has 0 unspecified atom stereocenters. The van der Waals surface area contributed by atoms with Gasteiger partial charge >= 0.3 is 0 Å². The van der Waals surface area contributed by atoms with Crippen LogP contribution in [-0.2, 0) is 12.8 Å². The maximum atomic E-state index is 4.55. The molecule has 0 bridgehead atoms. The van der Waals surface area contributed by atoms with E-state index in [-0.39, 0.29) is 0 Å². The molecule has 0 atom stereocenters. The second-order valence-corrected chi connectivity index (χ2v) is 5.04. The van der Waals surface area contributed by atoms with Crippen molar-refractivity contribution in [2.24, 2.45) is 0 Å². The average molecular weight is 256 g/mol. The molecule has 0 amide bonds. The molecule has 100 valence electrons. The first kappa shape index (κ1) is 12.2. The molecule has 0 aliphatic heterocycles. The number of hydrogen-bond donors (Lipinski definition) is 1. The van der Waals surface area contributed by atoms with E-state index in [1.807, 2.05) is 18.6 Å². The smallest absolute Gasteiger partial charge is 0.127 e. The summed E-state index contributed by atoms with van der Waals surface area (Å²) in [5.74, 6) is 0.942. The highest BCUT2D eigenvalue weighted by molar-refractivity contribution is 5.46. The van der Waals surface area contributed by atoms with E-state index in [4.69, 9.17) is 0 Å². The Morgan fingerprint density at radius 3 is 3.05 bits per heavy atom. The quantitative estimate of drug-likeness (QED) is 0.914. The maximum absolute atomic E-state index is 4.55. The summed E-state index contributed by atoms with van der Waals surface area (Å²) < 4.78 is 2.22. The van der Waals surface area contributed by atoms with Crippen LogP contribution in [-0.4, -0.2) is 21.1 Å². The lowest BCUT2D eigenvalue weighted by atomic mass is 10.0. The van der Waals surface area contributed by atoms with Crippen molar-refractivity contribution in [3.8, 4) is 5.69 Å². The van der Waals surface area contributed by atoms with Crippen LogP contribution in [0.3, 0.4) is 0 Å². The van der Waals surface area contributed by atoms with Crippen LogP contribution in [0.4, 0.5) is 5.82 Å². The van der Waals surface area contributed by atoms with Gasteiger partial charge in [0, 0.05) is 24.5 Å². The van der Waals surface area contributed by atoms with Gasteiger partial charge in [-0.2, -0.15) is 0 Å². The van der Waals surface area contributed by atoms with Crippen molar-refractivity contribution in [2.75, 3.05) is 11.9 Å². The van der Waals surface area contributed by atoms with Gasteiger partial charge in [0.2, 0.25) is 0 Å². The van der Waals surface area contributed by atoms with Crippen LogP contribution >= 0.6 is 0 Å². The third-order valence-corrected chi connectivity index (χ3v) is 3.61. The van der Waals surface area contributed by atoms with Gasteiger partial charge in [-0.25, -0.2) is 9.97 Å². The highest BCUT2D eigenvalue weighted by Crippen LogP contribution is 2.23. The predicted octanol–water partition coefficient (Wildman–Crippen LogP) is 2.97. The number of nitrogens with one attached hydrogen (secondary N) is 1. The van der Waals surface area contributed by atoms with E-state index in [9.17, 15) is 0 Å². The second kappa shape index (κ2) is 5.43. The SMILES string of the molecule is CCCNc1cc(-n2cnc3c2CCCC3)ccn1. The summed E-state index contributed by atoms with van der Waals surface area (Å²) >= 11 is 0. The molecular weight excluding hydrogens is 236 g/mol. The topological polar surface area (TPSA) is 42.7 Å². The van der Waals surface area contributed by atoms with Gasteiger partial charge in [0.15, 0.2) is 0 Å². The van der Waals surface area contributed by atoms with Crippen LogP contribution in [0, 0.1) is 0 Å². The fraction of sp³-hybridized carbons (Fsp3) is 0.467. The minimum Gasteiger partial charge on any atom is -0.370 e. The third-order valence-electron chi connectivity index (χ3n) is 3.61. The molecule has 0 spiro atoms. The fourth-order valence-corrected chi connectivity index (χ4v) is 2.61. The zero-order chi connectivity index (χ0) is 13.1. The first-order valence-corrected chi connectivity index (χ1v) is 7.14. The summed E-state index contributed by atoms with van der Waals surface area (Å²) in [6.45, 7) is 3.11. The molecule has 1 aliphatic carbocycles. The summed E-state index contributed by atoms with van der Waals surface area (Å²) in [6.07, 6.45) is 9.71. The first-order valence-electron chi connectivity index (χ1n) is 7.14. The molecule has 0 saturated carbocycles.